The van der Waals surface area contributed by atoms with E-state index < -0.39 is 0 Å². The second-order valence-electron chi connectivity index (χ2n) is 8.08. The van der Waals surface area contributed by atoms with Crippen LogP contribution >= 0.6 is 34.5 Å². The summed E-state index contributed by atoms with van der Waals surface area (Å²) >= 11 is 13.7. The van der Waals surface area contributed by atoms with Crippen molar-refractivity contribution in [2.75, 3.05) is 26.2 Å². The van der Waals surface area contributed by atoms with E-state index in [9.17, 15) is 4.79 Å². The number of hydrogen-bond acceptors (Lipinski definition) is 4. The van der Waals surface area contributed by atoms with Crippen LogP contribution in [-0.2, 0) is 4.79 Å². The quantitative estimate of drug-likeness (QED) is 0.502. The number of likely N-dealkylation sites (tertiary alicyclic amines) is 2. The maximum Gasteiger partial charge on any atom is 0.209 e. The van der Waals surface area contributed by atoms with Gasteiger partial charge in [0.15, 0.2) is 0 Å². The fourth-order valence-electron chi connectivity index (χ4n) is 4.07. The Morgan fingerprint density at radius 2 is 1.70 bits per heavy atom. The van der Waals surface area contributed by atoms with Crippen molar-refractivity contribution in [2.24, 2.45) is 0 Å². The third-order valence-electron chi connectivity index (χ3n) is 6.02. The molecule has 2 fully saturated rings. The van der Waals surface area contributed by atoms with Gasteiger partial charge in [-0.15, -0.1) is 11.3 Å². The van der Waals surface area contributed by atoms with Gasteiger partial charge in [0.2, 0.25) is 6.41 Å². The second kappa shape index (κ2) is 11.5. The van der Waals surface area contributed by atoms with Crippen molar-refractivity contribution in [2.45, 2.75) is 58.4 Å². The molecule has 2 aliphatic heterocycles. The number of carbonyl (C=O) groups is 1. The van der Waals surface area contributed by atoms with Gasteiger partial charge in [-0.2, -0.15) is 0 Å². The average molecular weight is 468 g/mol. The van der Waals surface area contributed by atoms with Crippen molar-refractivity contribution in [1.82, 2.24) is 14.8 Å². The Labute approximate surface area is 194 Å². The summed E-state index contributed by atoms with van der Waals surface area (Å²) in [6.07, 6.45) is 8.91. The van der Waals surface area contributed by atoms with Gasteiger partial charge in [-0.25, -0.2) is 4.98 Å². The predicted octanol–water partition coefficient (Wildman–Crippen LogP) is 6.22. The minimum Gasteiger partial charge on any atom is -0.345 e. The van der Waals surface area contributed by atoms with E-state index in [1.54, 1.807) is 17.4 Å². The Hall–Kier alpha value is -1.14. The fraction of sp³-hybridized carbons (Fsp3) is 0.565. The van der Waals surface area contributed by atoms with E-state index in [0.29, 0.717) is 10.0 Å². The van der Waals surface area contributed by atoms with Crippen molar-refractivity contribution >= 4 is 40.9 Å². The number of piperidine rings is 1. The largest absolute Gasteiger partial charge is 0.345 e. The van der Waals surface area contributed by atoms with E-state index in [0.717, 1.165) is 41.8 Å². The molecule has 2 saturated heterocycles. The molecule has 30 heavy (non-hydrogen) atoms. The first-order valence-corrected chi connectivity index (χ1v) is 12.4. The van der Waals surface area contributed by atoms with E-state index in [-0.39, 0.29) is 0 Å². The highest BCUT2D eigenvalue weighted by Crippen LogP contribution is 2.36. The molecular formula is C23H31Cl2N3OS. The van der Waals surface area contributed by atoms with Gasteiger partial charge >= 0.3 is 0 Å². The lowest BCUT2D eigenvalue weighted by Gasteiger charge is -2.36. The SMILES string of the molecule is Cc1nc(-c2cccc(Cl)c2Cl)sc1C.O=CN1CCC(N2CCCCCC2)CC1. The average Bonchev–Trinajstić information content (AvgIpc) is 2.95. The van der Waals surface area contributed by atoms with Crippen molar-refractivity contribution < 1.29 is 4.79 Å². The van der Waals surface area contributed by atoms with E-state index in [2.05, 4.69) is 16.8 Å². The van der Waals surface area contributed by atoms with Crippen molar-refractivity contribution in [3.05, 3.63) is 38.8 Å². The van der Waals surface area contributed by atoms with Gasteiger partial charge in [0.1, 0.15) is 5.01 Å². The molecule has 0 aliphatic carbocycles. The number of benzene rings is 1. The summed E-state index contributed by atoms with van der Waals surface area (Å²) in [6.45, 7) is 8.54. The molecular weight excluding hydrogens is 437 g/mol. The highest BCUT2D eigenvalue weighted by molar-refractivity contribution is 7.15. The number of rotatable bonds is 3. The Morgan fingerprint density at radius 1 is 1.03 bits per heavy atom. The molecule has 2 aliphatic rings. The molecule has 7 heteroatoms. The number of amides is 1. The van der Waals surface area contributed by atoms with Gasteiger partial charge in [0.05, 0.1) is 15.7 Å². The Bertz CT molecular complexity index is 806. The summed E-state index contributed by atoms with van der Waals surface area (Å²) in [5.74, 6) is 0. The molecule has 0 N–H and O–H groups in total. The molecule has 0 bridgehead atoms. The van der Waals surface area contributed by atoms with Crippen LogP contribution < -0.4 is 0 Å². The molecule has 2 aromatic rings. The fourth-order valence-corrected chi connectivity index (χ4v) is 5.47. The zero-order valence-corrected chi connectivity index (χ0v) is 20.2. The number of aryl methyl sites for hydroxylation is 2. The number of carbonyl (C=O) groups excluding carboxylic acids is 1. The Kier molecular flexibility index (Phi) is 8.99. The summed E-state index contributed by atoms with van der Waals surface area (Å²) in [4.78, 5) is 20.9. The zero-order valence-electron chi connectivity index (χ0n) is 17.9. The van der Waals surface area contributed by atoms with Crippen LogP contribution in [0.5, 0.6) is 0 Å². The molecule has 3 heterocycles. The number of halogens is 2. The van der Waals surface area contributed by atoms with E-state index in [1.807, 2.05) is 24.0 Å². The smallest absolute Gasteiger partial charge is 0.209 e. The van der Waals surface area contributed by atoms with Crippen LogP contribution in [0.2, 0.25) is 10.0 Å². The summed E-state index contributed by atoms with van der Waals surface area (Å²) in [5, 5.41) is 2.07. The minimum atomic E-state index is 0.569. The Balaban J connectivity index is 0.000000171. The first-order valence-electron chi connectivity index (χ1n) is 10.8. The van der Waals surface area contributed by atoms with Gasteiger partial charge in [-0.3, -0.25) is 4.79 Å². The molecule has 1 aromatic heterocycles. The van der Waals surface area contributed by atoms with Crippen LogP contribution in [0, 0.1) is 13.8 Å². The molecule has 1 aromatic carbocycles. The van der Waals surface area contributed by atoms with Crippen LogP contribution in [0.4, 0.5) is 0 Å². The summed E-state index contributed by atoms with van der Waals surface area (Å²) in [6, 6.07) is 6.35. The molecule has 4 nitrogen and oxygen atoms in total. The first-order chi connectivity index (χ1) is 14.5. The standard InChI is InChI=1S/C12H22N2O.C11H9Cl2NS/c15-11-13-9-5-12(6-10-13)14-7-3-1-2-4-8-14;1-6-7(2)15-11(14-6)8-4-3-5-9(12)10(8)13/h11-12H,1-10H2;3-5H,1-2H3. The zero-order chi connectivity index (χ0) is 21.5. The van der Waals surface area contributed by atoms with Crippen LogP contribution in [0.25, 0.3) is 10.6 Å². The molecule has 0 unspecified atom stereocenters. The predicted molar refractivity (Wildman–Crippen MR) is 128 cm³/mol. The normalized spacial score (nSPS) is 18.5. The van der Waals surface area contributed by atoms with E-state index in [4.69, 9.17) is 23.2 Å². The maximum absolute atomic E-state index is 10.6. The molecule has 0 saturated carbocycles. The molecule has 1 amide bonds. The summed E-state index contributed by atoms with van der Waals surface area (Å²) in [7, 11) is 0. The highest BCUT2D eigenvalue weighted by atomic mass is 35.5. The van der Waals surface area contributed by atoms with Gasteiger partial charge in [0, 0.05) is 29.6 Å². The van der Waals surface area contributed by atoms with Crippen LogP contribution in [0.1, 0.15) is 49.1 Å². The van der Waals surface area contributed by atoms with Gasteiger partial charge in [-0.1, -0.05) is 48.2 Å². The highest BCUT2D eigenvalue weighted by Gasteiger charge is 2.24. The third-order valence-corrected chi connectivity index (χ3v) is 7.94. The number of aromatic nitrogens is 1. The Morgan fingerprint density at radius 3 is 2.27 bits per heavy atom. The number of hydrogen-bond donors (Lipinski definition) is 0. The number of thiazole rings is 1. The summed E-state index contributed by atoms with van der Waals surface area (Å²) < 4.78 is 0. The van der Waals surface area contributed by atoms with E-state index in [1.165, 1.54) is 56.5 Å². The van der Waals surface area contributed by atoms with Gasteiger partial charge in [0.25, 0.3) is 0 Å². The molecule has 164 valence electrons. The van der Waals surface area contributed by atoms with Crippen molar-refractivity contribution in [3.63, 3.8) is 0 Å². The molecule has 0 spiro atoms. The second-order valence-corrected chi connectivity index (χ2v) is 10.1. The lowest BCUT2D eigenvalue weighted by Crippen LogP contribution is -2.44. The first kappa shape index (κ1) is 23.5. The van der Waals surface area contributed by atoms with Crippen LogP contribution in [0.15, 0.2) is 18.2 Å². The number of nitrogens with zero attached hydrogens (tertiary/aromatic N) is 3. The van der Waals surface area contributed by atoms with Crippen molar-refractivity contribution in [1.29, 1.82) is 0 Å². The van der Waals surface area contributed by atoms with Gasteiger partial charge in [-0.05, 0) is 58.7 Å². The topological polar surface area (TPSA) is 36.4 Å². The monoisotopic (exact) mass is 467 g/mol. The van der Waals surface area contributed by atoms with E-state index >= 15 is 0 Å². The lowest BCUT2D eigenvalue weighted by molar-refractivity contribution is -0.119. The van der Waals surface area contributed by atoms with Crippen molar-refractivity contribution in [3.8, 4) is 10.6 Å². The molecule has 0 radical (unpaired) electrons. The lowest BCUT2D eigenvalue weighted by atomic mass is 10.0. The third kappa shape index (κ3) is 6.19. The molecule has 0 atom stereocenters. The minimum absolute atomic E-state index is 0.569. The van der Waals surface area contributed by atoms with Gasteiger partial charge < -0.3 is 9.80 Å². The van der Waals surface area contributed by atoms with Crippen LogP contribution in [-0.4, -0.2) is 53.4 Å². The van der Waals surface area contributed by atoms with Crippen LogP contribution in [0.3, 0.4) is 0 Å². The molecule has 4 rings (SSSR count). The maximum atomic E-state index is 10.6. The summed E-state index contributed by atoms with van der Waals surface area (Å²) in [5.41, 5.74) is 1.96.